The highest BCUT2D eigenvalue weighted by Crippen LogP contribution is 2.34. The molecule has 2 rings (SSSR count). The second-order valence-corrected chi connectivity index (χ2v) is 3.30. The Morgan fingerprint density at radius 3 is 2.86 bits per heavy atom. The van der Waals surface area contributed by atoms with Crippen LogP contribution in [0.3, 0.4) is 0 Å². The van der Waals surface area contributed by atoms with Crippen LogP contribution in [0.25, 0.3) is 0 Å². The van der Waals surface area contributed by atoms with Gasteiger partial charge >= 0.3 is 0 Å². The third-order valence-corrected chi connectivity index (χ3v) is 2.30. The number of rotatable bonds is 3. The average molecular weight is 194 g/mol. The molecule has 0 amide bonds. The molecule has 0 unspecified atom stereocenters. The van der Waals surface area contributed by atoms with Crippen molar-refractivity contribution in [3.05, 3.63) is 23.8 Å². The Hall–Kier alpha value is -1.26. The van der Waals surface area contributed by atoms with Crippen molar-refractivity contribution in [3.8, 4) is 11.5 Å². The zero-order valence-corrected chi connectivity index (χ0v) is 7.90. The SMILES string of the molecule is NCC[C@@H](N)c1ccc2c(c1)OCO2. The highest BCUT2D eigenvalue weighted by atomic mass is 16.7. The molecule has 76 valence electrons. The molecule has 0 saturated heterocycles. The van der Waals surface area contributed by atoms with Gasteiger partial charge in [0.05, 0.1) is 0 Å². The summed E-state index contributed by atoms with van der Waals surface area (Å²) in [7, 11) is 0. The van der Waals surface area contributed by atoms with Gasteiger partial charge in [0.25, 0.3) is 0 Å². The van der Waals surface area contributed by atoms with Crippen LogP contribution in [0.15, 0.2) is 18.2 Å². The lowest BCUT2D eigenvalue weighted by Crippen LogP contribution is -2.15. The molecule has 4 heteroatoms. The third kappa shape index (κ3) is 1.66. The topological polar surface area (TPSA) is 70.5 Å². The summed E-state index contributed by atoms with van der Waals surface area (Å²) in [5, 5.41) is 0. The van der Waals surface area contributed by atoms with Gasteiger partial charge < -0.3 is 20.9 Å². The van der Waals surface area contributed by atoms with Gasteiger partial charge in [-0.25, -0.2) is 0 Å². The fourth-order valence-corrected chi connectivity index (χ4v) is 1.49. The molecule has 0 aliphatic carbocycles. The van der Waals surface area contributed by atoms with Crippen LogP contribution < -0.4 is 20.9 Å². The van der Waals surface area contributed by atoms with E-state index in [0.29, 0.717) is 13.3 Å². The molecule has 4 N–H and O–H groups in total. The van der Waals surface area contributed by atoms with Crippen LogP contribution >= 0.6 is 0 Å². The molecule has 0 spiro atoms. The van der Waals surface area contributed by atoms with Crippen LogP contribution in [0.5, 0.6) is 11.5 Å². The van der Waals surface area contributed by atoms with Gasteiger partial charge in [-0.2, -0.15) is 0 Å². The largest absolute Gasteiger partial charge is 0.454 e. The summed E-state index contributed by atoms with van der Waals surface area (Å²) in [6, 6.07) is 5.74. The second-order valence-electron chi connectivity index (χ2n) is 3.30. The maximum atomic E-state index is 5.92. The lowest BCUT2D eigenvalue weighted by Gasteiger charge is -2.10. The summed E-state index contributed by atoms with van der Waals surface area (Å²) in [5.41, 5.74) is 12.4. The Bertz CT molecular complexity index is 328. The molecule has 14 heavy (non-hydrogen) atoms. The van der Waals surface area contributed by atoms with Crippen molar-refractivity contribution in [3.63, 3.8) is 0 Å². The standard InChI is InChI=1S/C10H14N2O2/c11-4-3-8(12)7-1-2-9-10(5-7)14-6-13-9/h1-2,5,8H,3-4,6,11-12H2/t8-/m1/s1. The molecule has 0 radical (unpaired) electrons. The van der Waals surface area contributed by atoms with Crippen molar-refractivity contribution in [2.75, 3.05) is 13.3 Å². The fourth-order valence-electron chi connectivity index (χ4n) is 1.49. The highest BCUT2D eigenvalue weighted by Gasteiger charge is 2.15. The predicted molar refractivity (Wildman–Crippen MR) is 53.2 cm³/mol. The summed E-state index contributed by atoms with van der Waals surface area (Å²) < 4.78 is 10.5. The maximum absolute atomic E-state index is 5.92. The van der Waals surface area contributed by atoms with E-state index in [4.69, 9.17) is 20.9 Å². The third-order valence-electron chi connectivity index (χ3n) is 2.30. The summed E-state index contributed by atoms with van der Waals surface area (Å²) in [5.74, 6) is 1.56. The number of fused-ring (bicyclic) bond motifs is 1. The summed E-state index contributed by atoms with van der Waals surface area (Å²) in [4.78, 5) is 0. The molecular weight excluding hydrogens is 180 g/mol. The highest BCUT2D eigenvalue weighted by molar-refractivity contribution is 5.45. The Labute approximate surface area is 82.8 Å². The van der Waals surface area contributed by atoms with Gasteiger partial charge in [0.2, 0.25) is 6.79 Å². The van der Waals surface area contributed by atoms with E-state index in [1.165, 1.54) is 0 Å². The molecule has 0 saturated carbocycles. The van der Waals surface area contributed by atoms with Gasteiger partial charge in [0.15, 0.2) is 11.5 Å². The number of hydrogen-bond acceptors (Lipinski definition) is 4. The molecular formula is C10H14N2O2. The second kappa shape index (κ2) is 3.86. The Morgan fingerprint density at radius 2 is 2.07 bits per heavy atom. The van der Waals surface area contributed by atoms with E-state index in [2.05, 4.69) is 0 Å². The molecule has 4 nitrogen and oxygen atoms in total. The van der Waals surface area contributed by atoms with Gasteiger partial charge in [-0.05, 0) is 30.7 Å². The summed E-state index contributed by atoms with van der Waals surface area (Å²) in [6.45, 7) is 0.889. The van der Waals surface area contributed by atoms with Gasteiger partial charge in [0.1, 0.15) is 0 Å². The van der Waals surface area contributed by atoms with Crippen molar-refractivity contribution in [1.29, 1.82) is 0 Å². The molecule has 0 bridgehead atoms. The van der Waals surface area contributed by atoms with Crippen LogP contribution in [0.4, 0.5) is 0 Å². The maximum Gasteiger partial charge on any atom is 0.231 e. The summed E-state index contributed by atoms with van der Waals surface area (Å²) >= 11 is 0. The first-order valence-corrected chi connectivity index (χ1v) is 4.66. The Balaban J connectivity index is 2.19. The molecule has 1 aromatic carbocycles. The van der Waals surface area contributed by atoms with Crippen molar-refractivity contribution in [1.82, 2.24) is 0 Å². The number of nitrogens with two attached hydrogens (primary N) is 2. The lowest BCUT2D eigenvalue weighted by atomic mass is 10.0. The zero-order chi connectivity index (χ0) is 9.97. The monoisotopic (exact) mass is 194 g/mol. The van der Waals surface area contributed by atoms with Crippen LogP contribution in [0.1, 0.15) is 18.0 Å². The van der Waals surface area contributed by atoms with Gasteiger partial charge in [-0.15, -0.1) is 0 Å². The van der Waals surface area contributed by atoms with E-state index in [-0.39, 0.29) is 6.04 Å². The average Bonchev–Trinajstić information content (AvgIpc) is 2.64. The number of benzene rings is 1. The molecule has 0 fully saturated rings. The predicted octanol–water partition coefficient (Wildman–Crippen LogP) is 0.764. The van der Waals surface area contributed by atoms with Crippen LogP contribution in [-0.4, -0.2) is 13.3 Å². The first-order valence-electron chi connectivity index (χ1n) is 4.66. The van der Waals surface area contributed by atoms with Crippen molar-refractivity contribution in [2.24, 2.45) is 11.5 Å². The zero-order valence-electron chi connectivity index (χ0n) is 7.90. The van der Waals surface area contributed by atoms with Gasteiger partial charge in [0, 0.05) is 6.04 Å². The minimum atomic E-state index is -0.0190. The van der Waals surface area contributed by atoms with E-state index in [0.717, 1.165) is 23.5 Å². The van der Waals surface area contributed by atoms with E-state index < -0.39 is 0 Å². The fraction of sp³-hybridized carbons (Fsp3) is 0.400. The van der Waals surface area contributed by atoms with Gasteiger partial charge in [-0.3, -0.25) is 0 Å². The first kappa shape index (κ1) is 9.30. The molecule has 1 aliphatic rings. The van der Waals surface area contributed by atoms with E-state index in [1.54, 1.807) is 0 Å². The number of hydrogen-bond donors (Lipinski definition) is 2. The van der Waals surface area contributed by atoms with Crippen molar-refractivity contribution < 1.29 is 9.47 Å². The van der Waals surface area contributed by atoms with Crippen LogP contribution in [0, 0.1) is 0 Å². The van der Waals surface area contributed by atoms with Crippen LogP contribution in [0.2, 0.25) is 0 Å². The van der Waals surface area contributed by atoms with Gasteiger partial charge in [-0.1, -0.05) is 6.07 Å². The normalized spacial score (nSPS) is 15.6. The summed E-state index contributed by atoms with van der Waals surface area (Å²) in [6.07, 6.45) is 0.777. The van der Waals surface area contributed by atoms with Crippen LogP contribution in [-0.2, 0) is 0 Å². The molecule has 0 aromatic heterocycles. The minimum Gasteiger partial charge on any atom is -0.454 e. The van der Waals surface area contributed by atoms with E-state index >= 15 is 0 Å². The number of ether oxygens (including phenoxy) is 2. The Kier molecular flexibility index (Phi) is 2.56. The molecule has 1 atom stereocenters. The van der Waals surface area contributed by atoms with E-state index in [9.17, 15) is 0 Å². The minimum absolute atomic E-state index is 0.0190. The lowest BCUT2D eigenvalue weighted by molar-refractivity contribution is 0.174. The molecule has 1 aromatic rings. The quantitative estimate of drug-likeness (QED) is 0.745. The molecule has 1 heterocycles. The first-order chi connectivity index (χ1) is 6.81. The van der Waals surface area contributed by atoms with Crippen molar-refractivity contribution in [2.45, 2.75) is 12.5 Å². The smallest absolute Gasteiger partial charge is 0.231 e. The Morgan fingerprint density at radius 1 is 1.29 bits per heavy atom. The van der Waals surface area contributed by atoms with Crippen molar-refractivity contribution >= 4 is 0 Å². The molecule has 1 aliphatic heterocycles. The van der Waals surface area contributed by atoms with E-state index in [1.807, 2.05) is 18.2 Å².